The van der Waals surface area contributed by atoms with Gasteiger partial charge in [0.25, 0.3) is 0 Å². The Labute approximate surface area is 134 Å². The predicted molar refractivity (Wildman–Crippen MR) is 88.6 cm³/mol. The van der Waals surface area contributed by atoms with Gasteiger partial charge in [0.2, 0.25) is 0 Å². The number of methoxy groups -OCH3 is 1. The Morgan fingerprint density at radius 2 is 2.14 bits per heavy atom. The van der Waals surface area contributed by atoms with Crippen LogP contribution in [0.25, 0.3) is 0 Å². The summed E-state index contributed by atoms with van der Waals surface area (Å²) < 4.78 is 8.31. The van der Waals surface area contributed by atoms with E-state index in [-0.39, 0.29) is 0 Å². The lowest BCUT2D eigenvalue weighted by molar-refractivity contribution is 0.413. The van der Waals surface area contributed by atoms with Crippen LogP contribution in [0.3, 0.4) is 0 Å². The van der Waals surface area contributed by atoms with Gasteiger partial charge in [-0.25, -0.2) is 0 Å². The average molecular weight is 352 g/mol. The van der Waals surface area contributed by atoms with Crippen LogP contribution in [-0.4, -0.2) is 23.4 Å². The molecule has 0 aliphatic rings. The number of nitrogens with two attached hydrogens (primary N) is 1. The summed E-state index contributed by atoms with van der Waals surface area (Å²) in [6.45, 7) is 2.65. The van der Waals surface area contributed by atoms with Crippen molar-refractivity contribution < 1.29 is 4.74 Å². The minimum atomic E-state index is 0.378. The van der Waals surface area contributed by atoms with Gasteiger partial charge in [0.15, 0.2) is 0 Å². The molecule has 1 unspecified atom stereocenters. The molecule has 0 bridgehead atoms. The maximum absolute atomic E-state index is 5.97. The molecular weight excluding hydrogens is 330 g/mol. The highest BCUT2D eigenvalue weighted by Crippen LogP contribution is 2.24. The van der Waals surface area contributed by atoms with Gasteiger partial charge in [0, 0.05) is 7.05 Å². The number of halogens is 1. The van der Waals surface area contributed by atoms with Crippen LogP contribution in [0.1, 0.15) is 17.0 Å². The number of aryl methyl sites for hydroxylation is 2. The monoisotopic (exact) mass is 351 g/mol. The van der Waals surface area contributed by atoms with Crippen LogP contribution in [0.4, 0.5) is 0 Å². The molecule has 1 aromatic heterocycles. The maximum Gasteiger partial charge on any atom is 0.119 e. The molecule has 0 spiro atoms. The number of nitrogens with zero attached hydrogens (tertiary/aromatic N) is 2. The van der Waals surface area contributed by atoms with Crippen molar-refractivity contribution in [1.29, 1.82) is 0 Å². The fourth-order valence-electron chi connectivity index (χ4n) is 2.55. The quantitative estimate of drug-likeness (QED) is 0.870. The SMILES string of the molecule is COc1cccc(CC(CN)Cc2c(Br)c(C)nn2C)c1. The summed E-state index contributed by atoms with van der Waals surface area (Å²) in [5.41, 5.74) is 9.44. The Balaban J connectivity index is 2.13. The Bertz CT molecular complexity index is 610. The summed E-state index contributed by atoms with van der Waals surface area (Å²) in [5, 5.41) is 4.44. The molecule has 1 heterocycles. The molecule has 2 rings (SSSR count). The summed E-state index contributed by atoms with van der Waals surface area (Å²) in [6, 6.07) is 8.18. The first-order chi connectivity index (χ1) is 10.0. The number of hydrogen-bond donors (Lipinski definition) is 1. The number of rotatable bonds is 6. The van der Waals surface area contributed by atoms with Crippen LogP contribution in [0.5, 0.6) is 5.75 Å². The van der Waals surface area contributed by atoms with Crippen molar-refractivity contribution in [3.05, 3.63) is 45.7 Å². The molecule has 0 saturated carbocycles. The van der Waals surface area contributed by atoms with Crippen molar-refractivity contribution in [2.24, 2.45) is 18.7 Å². The normalized spacial score (nSPS) is 12.4. The van der Waals surface area contributed by atoms with E-state index in [1.54, 1.807) is 7.11 Å². The van der Waals surface area contributed by atoms with E-state index < -0.39 is 0 Å². The Morgan fingerprint density at radius 3 is 2.71 bits per heavy atom. The Morgan fingerprint density at radius 1 is 1.38 bits per heavy atom. The lowest BCUT2D eigenvalue weighted by Crippen LogP contribution is -2.21. The molecule has 0 saturated heterocycles. The highest BCUT2D eigenvalue weighted by molar-refractivity contribution is 9.10. The second-order valence-corrected chi connectivity index (χ2v) is 6.12. The maximum atomic E-state index is 5.97. The fraction of sp³-hybridized carbons (Fsp3) is 0.438. The molecule has 5 heteroatoms. The van der Waals surface area contributed by atoms with Gasteiger partial charge in [0.1, 0.15) is 5.75 Å². The van der Waals surface area contributed by atoms with Crippen molar-refractivity contribution in [2.75, 3.05) is 13.7 Å². The summed E-state index contributed by atoms with van der Waals surface area (Å²) in [6.07, 6.45) is 1.84. The average Bonchev–Trinajstić information content (AvgIpc) is 2.73. The molecule has 21 heavy (non-hydrogen) atoms. The Kier molecular flexibility index (Phi) is 5.42. The largest absolute Gasteiger partial charge is 0.497 e. The van der Waals surface area contributed by atoms with Crippen LogP contribution in [0.15, 0.2) is 28.7 Å². The summed E-state index contributed by atoms with van der Waals surface area (Å²) >= 11 is 3.62. The zero-order valence-corrected chi connectivity index (χ0v) is 14.4. The number of aromatic nitrogens is 2. The first-order valence-corrected chi connectivity index (χ1v) is 7.85. The van der Waals surface area contributed by atoms with Crippen molar-refractivity contribution in [3.63, 3.8) is 0 Å². The van der Waals surface area contributed by atoms with E-state index in [1.807, 2.05) is 30.8 Å². The third-order valence-corrected chi connectivity index (χ3v) is 4.77. The second kappa shape index (κ2) is 7.09. The molecule has 2 N–H and O–H groups in total. The first kappa shape index (κ1) is 16.0. The van der Waals surface area contributed by atoms with Gasteiger partial charge in [-0.2, -0.15) is 5.10 Å². The van der Waals surface area contributed by atoms with Gasteiger partial charge in [-0.15, -0.1) is 0 Å². The zero-order valence-electron chi connectivity index (χ0n) is 12.8. The van der Waals surface area contributed by atoms with Crippen LogP contribution < -0.4 is 10.5 Å². The van der Waals surface area contributed by atoms with E-state index in [1.165, 1.54) is 11.3 Å². The lowest BCUT2D eigenvalue weighted by Gasteiger charge is -2.16. The topological polar surface area (TPSA) is 53.1 Å². The lowest BCUT2D eigenvalue weighted by atomic mass is 9.94. The number of benzene rings is 1. The van der Waals surface area contributed by atoms with Gasteiger partial charge in [0.05, 0.1) is 23.0 Å². The van der Waals surface area contributed by atoms with Crippen LogP contribution in [0.2, 0.25) is 0 Å². The number of ether oxygens (including phenoxy) is 1. The number of hydrogen-bond acceptors (Lipinski definition) is 3. The van der Waals surface area contributed by atoms with Crippen LogP contribution in [-0.2, 0) is 19.9 Å². The van der Waals surface area contributed by atoms with E-state index in [0.29, 0.717) is 12.5 Å². The third-order valence-electron chi connectivity index (χ3n) is 3.74. The highest BCUT2D eigenvalue weighted by atomic mass is 79.9. The molecule has 1 atom stereocenters. The van der Waals surface area contributed by atoms with E-state index in [9.17, 15) is 0 Å². The van der Waals surface area contributed by atoms with Gasteiger partial charge < -0.3 is 10.5 Å². The van der Waals surface area contributed by atoms with E-state index in [4.69, 9.17) is 10.5 Å². The summed E-state index contributed by atoms with van der Waals surface area (Å²) in [5.74, 6) is 1.27. The third kappa shape index (κ3) is 3.86. The van der Waals surface area contributed by atoms with Crippen molar-refractivity contribution in [3.8, 4) is 5.75 Å². The predicted octanol–water partition coefficient (Wildman–Crippen LogP) is 2.86. The fourth-order valence-corrected chi connectivity index (χ4v) is 3.04. The van der Waals surface area contributed by atoms with Gasteiger partial charge in [-0.1, -0.05) is 12.1 Å². The van der Waals surface area contributed by atoms with Crippen LogP contribution in [0, 0.1) is 12.8 Å². The molecular formula is C16H22BrN3O. The first-order valence-electron chi connectivity index (χ1n) is 7.06. The van der Waals surface area contributed by atoms with E-state index in [2.05, 4.69) is 33.2 Å². The zero-order chi connectivity index (χ0) is 15.4. The van der Waals surface area contributed by atoms with Crippen molar-refractivity contribution in [2.45, 2.75) is 19.8 Å². The molecule has 0 amide bonds. The van der Waals surface area contributed by atoms with E-state index >= 15 is 0 Å². The minimum Gasteiger partial charge on any atom is -0.497 e. The highest BCUT2D eigenvalue weighted by Gasteiger charge is 2.16. The molecule has 0 aliphatic heterocycles. The molecule has 0 fully saturated rings. The summed E-state index contributed by atoms with van der Waals surface area (Å²) in [4.78, 5) is 0. The van der Waals surface area contributed by atoms with E-state index in [0.717, 1.165) is 28.8 Å². The molecule has 0 aliphatic carbocycles. The summed E-state index contributed by atoms with van der Waals surface area (Å²) in [7, 11) is 3.67. The van der Waals surface area contributed by atoms with Gasteiger partial charge >= 0.3 is 0 Å². The molecule has 1 aromatic carbocycles. The molecule has 114 valence electrons. The standard InChI is InChI=1S/C16H22BrN3O/c1-11-16(17)15(20(2)19-11)9-13(10-18)7-12-5-4-6-14(8-12)21-3/h4-6,8,13H,7,9-10,18H2,1-3H3. The van der Waals surface area contributed by atoms with Crippen molar-refractivity contribution in [1.82, 2.24) is 9.78 Å². The van der Waals surface area contributed by atoms with Gasteiger partial charge in [-0.3, -0.25) is 4.68 Å². The minimum absolute atomic E-state index is 0.378. The molecule has 0 radical (unpaired) electrons. The van der Waals surface area contributed by atoms with Gasteiger partial charge in [-0.05, 0) is 65.9 Å². The smallest absolute Gasteiger partial charge is 0.119 e. The second-order valence-electron chi connectivity index (χ2n) is 5.33. The Hall–Kier alpha value is -1.33. The molecule has 4 nitrogen and oxygen atoms in total. The van der Waals surface area contributed by atoms with Crippen LogP contribution >= 0.6 is 15.9 Å². The molecule has 2 aromatic rings. The van der Waals surface area contributed by atoms with Crippen molar-refractivity contribution >= 4 is 15.9 Å².